The molecule has 1 unspecified atom stereocenters. The van der Waals surface area contributed by atoms with E-state index in [4.69, 9.17) is 0 Å². The van der Waals surface area contributed by atoms with Gasteiger partial charge in [0.25, 0.3) is 0 Å². The zero-order valence-electron chi connectivity index (χ0n) is 13.1. The minimum absolute atomic E-state index is 0.958. The smallest absolute Gasteiger partial charge is 0.0353 e. The first-order valence-corrected chi connectivity index (χ1v) is 8.42. The van der Waals surface area contributed by atoms with E-state index in [0.717, 1.165) is 5.92 Å². The highest BCUT2D eigenvalue weighted by molar-refractivity contribution is 4.65. The van der Waals surface area contributed by atoms with Crippen LogP contribution in [0.5, 0.6) is 0 Å². The molecule has 18 heavy (non-hydrogen) atoms. The number of hydrogen-bond acceptors (Lipinski definition) is 0. The third-order valence-corrected chi connectivity index (χ3v) is 3.89. The lowest BCUT2D eigenvalue weighted by molar-refractivity contribution is 0.450. The van der Waals surface area contributed by atoms with Crippen molar-refractivity contribution in [1.82, 2.24) is 0 Å². The second-order valence-corrected chi connectivity index (χ2v) is 5.94. The van der Waals surface area contributed by atoms with E-state index in [-0.39, 0.29) is 0 Å². The lowest BCUT2D eigenvalue weighted by Gasteiger charge is -2.09. The second-order valence-electron chi connectivity index (χ2n) is 5.94. The Hall–Kier alpha value is -0.260. The fourth-order valence-electron chi connectivity index (χ4n) is 2.66. The average Bonchev–Trinajstić information content (AvgIpc) is 2.36. The summed E-state index contributed by atoms with van der Waals surface area (Å²) in [6.07, 6.45) is 20.4. The van der Waals surface area contributed by atoms with Crippen LogP contribution in [0.3, 0.4) is 0 Å². The quantitative estimate of drug-likeness (QED) is 0.233. The Bertz CT molecular complexity index is 159. The van der Waals surface area contributed by atoms with Gasteiger partial charge in [0, 0.05) is 0 Å². The van der Waals surface area contributed by atoms with Gasteiger partial charge < -0.3 is 0 Å². The number of hydrogen-bond donors (Lipinski definition) is 0. The standard InChI is InChI=1S/C18H36/c1-4-6-7-8-9-10-11-12-13-14-15-17-18(3)16-5-2/h4,18H,1,5-17H2,2-3H3. The van der Waals surface area contributed by atoms with Crippen molar-refractivity contribution in [2.45, 2.75) is 97.3 Å². The van der Waals surface area contributed by atoms with E-state index < -0.39 is 0 Å². The summed E-state index contributed by atoms with van der Waals surface area (Å²) in [5, 5.41) is 0. The monoisotopic (exact) mass is 252 g/mol. The SMILES string of the molecule is C=CCCCCCCCCCCCC(C)CCC. The summed E-state index contributed by atoms with van der Waals surface area (Å²) in [4.78, 5) is 0. The summed E-state index contributed by atoms with van der Waals surface area (Å²) >= 11 is 0. The Labute approximate surface area is 116 Å². The Balaban J connectivity index is 3.00. The highest BCUT2D eigenvalue weighted by Gasteiger charge is 1.99. The van der Waals surface area contributed by atoms with Crippen LogP contribution in [0.15, 0.2) is 12.7 Å². The molecular formula is C18H36. The van der Waals surface area contributed by atoms with Gasteiger partial charge in [0.05, 0.1) is 0 Å². The minimum Gasteiger partial charge on any atom is -0.103 e. The Kier molecular flexibility index (Phi) is 14.6. The van der Waals surface area contributed by atoms with Crippen LogP contribution in [0.2, 0.25) is 0 Å². The van der Waals surface area contributed by atoms with Crippen LogP contribution in [0, 0.1) is 5.92 Å². The van der Waals surface area contributed by atoms with E-state index in [1.807, 2.05) is 6.08 Å². The maximum atomic E-state index is 3.76. The Morgan fingerprint density at radius 1 is 0.778 bits per heavy atom. The zero-order chi connectivity index (χ0) is 13.5. The molecule has 0 aliphatic rings. The first-order chi connectivity index (χ1) is 8.81. The van der Waals surface area contributed by atoms with Crippen molar-refractivity contribution in [3.63, 3.8) is 0 Å². The van der Waals surface area contributed by atoms with E-state index in [2.05, 4.69) is 20.4 Å². The van der Waals surface area contributed by atoms with Gasteiger partial charge >= 0.3 is 0 Å². The van der Waals surface area contributed by atoms with Crippen LogP contribution in [-0.4, -0.2) is 0 Å². The van der Waals surface area contributed by atoms with Crippen LogP contribution < -0.4 is 0 Å². The first-order valence-electron chi connectivity index (χ1n) is 8.42. The molecule has 0 amide bonds. The largest absolute Gasteiger partial charge is 0.103 e. The molecule has 0 heterocycles. The van der Waals surface area contributed by atoms with Crippen LogP contribution in [0.1, 0.15) is 97.3 Å². The molecule has 0 aliphatic heterocycles. The van der Waals surface area contributed by atoms with Gasteiger partial charge in [-0.2, -0.15) is 0 Å². The van der Waals surface area contributed by atoms with E-state index in [1.54, 1.807) is 0 Å². The van der Waals surface area contributed by atoms with E-state index >= 15 is 0 Å². The summed E-state index contributed by atoms with van der Waals surface area (Å²) in [5.41, 5.74) is 0. The fourth-order valence-corrected chi connectivity index (χ4v) is 2.66. The third kappa shape index (κ3) is 13.8. The highest BCUT2D eigenvalue weighted by Crippen LogP contribution is 2.16. The Morgan fingerprint density at radius 3 is 1.78 bits per heavy atom. The third-order valence-electron chi connectivity index (χ3n) is 3.89. The molecule has 108 valence electrons. The first kappa shape index (κ1) is 17.7. The summed E-state index contributed by atoms with van der Waals surface area (Å²) in [5.74, 6) is 0.958. The molecule has 0 fully saturated rings. The summed E-state index contributed by atoms with van der Waals surface area (Å²) in [6.45, 7) is 8.47. The molecule has 0 aromatic rings. The molecule has 0 heteroatoms. The predicted molar refractivity (Wildman–Crippen MR) is 85.1 cm³/mol. The summed E-state index contributed by atoms with van der Waals surface area (Å²) < 4.78 is 0. The molecule has 0 spiro atoms. The van der Waals surface area contributed by atoms with Gasteiger partial charge in [-0.05, 0) is 18.8 Å². The van der Waals surface area contributed by atoms with Crippen molar-refractivity contribution < 1.29 is 0 Å². The van der Waals surface area contributed by atoms with Crippen LogP contribution in [0.25, 0.3) is 0 Å². The van der Waals surface area contributed by atoms with Crippen LogP contribution in [-0.2, 0) is 0 Å². The lowest BCUT2D eigenvalue weighted by atomic mass is 9.98. The normalized spacial score (nSPS) is 12.6. The molecule has 0 saturated heterocycles. The highest BCUT2D eigenvalue weighted by atomic mass is 14.1. The molecule has 0 saturated carbocycles. The van der Waals surface area contributed by atoms with Gasteiger partial charge in [0.2, 0.25) is 0 Å². The molecule has 0 rings (SSSR count). The van der Waals surface area contributed by atoms with Gasteiger partial charge in [-0.3, -0.25) is 0 Å². The van der Waals surface area contributed by atoms with Gasteiger partial charge in [0.15, 0.2) is 0 Å². The molecular weight excluding hydrogens is 216 g/mol. The topological polar surface area (TPSA) is 0 Å². The second kappa shape index (κ2) is 14.8. The lowest BCUT2D eigenvalue weighted by Crippen LogP contribution is -1.93. The van der Waals surface area contributed by atoms with Crippen molar-refractivity contribution >= 4 is 0 Å². The molecule has 0 aromatic carbocycles. The summed E-state index contributed by atoms with van der Waals surface area (Å²) in [6, 6.07) is 0. The van der Waals surface area contributed by atoms with Crippen LogP contribution >= 0.6 is 0 Å². The van der Waals surface area contributed by atoms with E-state index in [0.29, 0.717) is 0 Å². The number of rotatable bonds is 14. The average molecular weight is 252 g/mol. The molecule has 0 radical (unpaired) electrons. The fraction of sp³-hybridized carbons (Fsp3) is 0.889. The van der Waals surface area contributed by atoms with E-state index in [1.165, 1.54) is 83.5 Å². The van der Waals surface area contributed by atoms with Crippen molar-refractivity contribution in [2.75, 3.05) is 0 Å². The molecule has 1 atom stereocenters. The molecule has 0 N–H and O–H groups in total. The zero-order valence-corrected chi connectivity index (χ0v) is 13.1. The van der Waals surface area contributed by atoms with Gasteiger partial charge in [-0.15, -0.1) is 6.58 Å². The van der Waals surface area contributed by atoms with E-state index in [9.17, 15) is 0 Å². The predicted octanol–water partition coefficient (Wildman–Crippen LogP) is 6.90. The maximum Gasteiger partial charge on any atom is -0.0353 e. The molecule has 0 aliphatic carbocycles. The number of allylic oxidation sites excluding steroid dienone is 1. The molecule has 0 aromatic heterocycles. The van der Waals surface area contributed by atoms with Gasteiger partial charge in [0.1, 0.15) is 0 Å². The minimum atomic E-state index is 0.958. The maximum absolute atomic E-state index is 3.76. The van der Waals surface area contributed by atoms with Crippen molar-refractivity contribution in [2.24, 2.45) is 5.92 Å². The Morgan fingerprint density at radius 2 is 1.28 bits per heavy atom. The van der Waals surface area contributed by atoms with Crippen molar-refractivity contribution in [3.05, 3.63) is 12.7 Å². The molecule has 0 bridgehead atoms. The summed E-state index contributed by atoms with van der Waals surface area (Å²) in [7, 11) is 0. The van der Waals surface area contributed by atoms with Crippen LogP contribution in [0.4, 0.5) is 0 Å². The van der Waals surface area contributed by atoms with Crippen molar-refractivity contribution in [3.8, 4) is 0 Å². The van der Waals surface area contributed by atoms with Gasteiger partial charge in [-0.1, -0.05) is 90.6 Å². The number of unbranched alkanes of at least 4 members (excludes halogenated alkanes) is 9. The van der Waals surface area contributed by atoms with Gasteiger partial charge in [-0.25, -0.2) is 0 Å². The molecule has 0 nitrogen and oxygen atoms in total. The van der Waals surface area contributed by atoms with Crippen molar-refractivity contribution in [1.29, 1.82) is 0 Å².